The van der Waals surface area contributed by atoms with E-state index in [0.717, 1.165) is 44.0 Å². The smallest absolute Gasteiger partial charge is 0.350 e. The molecule has 9 heteroatoms. The van der Waals surface area contributed by atoms with Gasteiger partial charge in [-0.05, 0) is 19.4 Å². The van der Waals surface area contributed by atoms with Crippen LogP contribution in [0.5, 0.6) is 0 Å². The number of aryl methyl sites for hydroxylation is 1. The molecule has 2 aromatic rings. The van der Waals surface area contributed by atoms with E-state index in [1.807, 2.05) is 12.4 Å². The summed E-state index contributed by atoms with van der Waals surface area (Å²) in [5, 5.41) is 3.00. The average Bonchev–Trinajstić information content (AvgIpc) is 3.09. The quantitative estimate of drug-likeness (QED) is 0.925. The van der Waals surface area contributed by atoms with E-state index in [2.05, 4.69) is 25.2 Å². The van der Waals surface area contributed by atoms with Gasteiger partial charge in [0.1, 0.15) is 5.69 Å². The highest BCUT2D eigenvalue weighted by Gasteiger charge is 2.33. The second kappa shape index (κ2) is 6.40. The number of hydrogen-bond donors (Lipinski definition) is 1. The molecule has 2 aromatic heterocycles. The van der Waals surface area contributed by atoms with Crippen LogP contribution in [0.25, 0.3) is 0 Å². The summed E-state index contributed by atoms with van der Waals surface area (Å²) in [6.07, 6.45) is -2.48. The minimum atomic E-state index is -4.45. The molecule has 1 aliphatic heterocycles. The molecule has 0 bridgehead atoms. The zero-order valence-corrected chi connectivity index (χ0v) is 13.3. The van der Waals surface area contributed by atoms with Crippen molar-refractivity contribution in [2.24, 2.45) is 0 Å². The van der Waals surface area contributed by atoms with Crippen molar-refractivity contribution in [1.29, 1.82) is 0 Å². The Morgan fingerprint density at radius 1 is 1.39 bits per heavy atom. The van der Waals surface area contributed by atoms with Gasteiger partial charge in [0.25, 0.3) is 0 Å². The lowest BCUT2D eigenvalue weighted by atomic mass is 10.3. The lowest BCUT2D eigenvalue weighted by molar-refractivity contribution is -0.141. The molecule has 5 nitrogen and oxygen atoms in total. The first-order valence-corrected chi connectivity index (χ1v) is 8.08. The Balaban J connectivity index is 1.59. The first kappa shape index (κ1) is 16.1. The fourth-order valence-electron chi connectivity index (χ4n) is 2.54. The summed E-state index contributed by atoms with van der Waals surface area (Å²) >= 11 is 1.62. The summed E-state index contributed by atoms with van der Waals surface area (Å²) in [5.74, 6) is 0.0284. The van der Waals surface area contributed by atoms with Gasteiger partial charge in [0, 0.05) is 36.8 Å². The Hall–Kier alpha value is -1.74. The van der Waals surface area contributed by atoms with Crippen molar-refractivity contribution in [1.82, 2.24) is 19.9 Å². The third kappa shape index (κ3) is 3.97. The van der Waals surface area contributed by atoms with Crippen molar-refractivity contribution in [2.45, 2.75) is 32.1 Å². The number of rotatable bonds is 4. The minimum absolute atomic E-state index is 0.0284. The number of alkyl halides is 3. The summed E-state index contributed by atoms with van der Waals surface area (Å²) < 4.78 is 38.0. The maximum Gasteiger partial charge on any atom is 0.433 e. The van der Waals surface area contributed by atoms with Gasteiger partial charge in [-0.1, -0.05) is 0 Å². The average molecular weight is 343 g/mol. The molecule has 3 heterocycles. The van der Waals surface area contributed by atoms with E-state index in [1.54, 1.807) is 11.3 Å². The first-order valence-electron chi connectivity index (χ1n) is 7.20. The second-order valence-electron chi connectivity index (χ2n) is 5.49. The fourth-order valence-corrected chi connectivity index (χ4v) is 3.36. The van der Waals surface area contributed by atoms with Crippen LogP contribution in [0, 0.1) is 6.92 Å². The van der Waals surface area contributed by atoms with Gasteiger partial charge in [-0.3, -0.25) is 4.90 Å². The number of thiazole rings is 1. The van der Waals surface area contributed by atoms with Gasteiger partial charge in [-0.2, -0.15) is 13.2 Å². The molecule has 3 rings (SSSR count). The molecular weight excluding hydrogens is 327 g/mol. The fraction of sp³-hybridized carbons (Fsp3) is 0.500. The highest BCUT2D eigenvalue weighted by molar-refractivity contribution is 7.09. The van der Waals surface area contributed by atoms with Crippen molar-refractivity contribution in [2.75, 3.05) is 18.4 Å². The maximum atomic E-state index is 12.7. The van der Waals surface area contributed by atoms with E-state index in [1.165, 1.54) is 4.88 Å². The Morgan fingerprint density at radius 3 is 2.91 bits per heavy atom. The van der Waals surface area contributed by atoms with Gasteiger partial charge in [-0.25, -0.2) is 15.0 Å². The van der Waals surface area contributed by atoms with Crippen LogP contribution in [0.1, 0.15) is 22.7 Å². The first-order chi connectivity index (χ1) is 10.9. The standard InChI is InChI=1S/C14H16F3N5S/c1-9-11(23-8-19-9)7-22-5-3-10(6-22)20-13-18-4-2-12(21-13)14(15,16)17/h2,4,8,10H,3,5-7H2,1H3,(H,18,20,21). The number of hydrogen-bond acceptors (Lipinski definition) is 6. The van der Waals surface area contributed by atoms with Crippen molar-refractivity contribution in [3.05, 3.63) is 34.0 Å². The molecule has 1 N–H and O–H groups in total. The molecule has 1 unspecified atom stereocenters. The normalized spacial score (nSPS) is 19.2. The third-order valence-corrected chi connectivity index (χ3v) is 4.68. The zero-order chi connectivity index (χ0) is 16.4. The SMILES string of the molecule is Cc1ncsc1CN1CCC(Nc2nccc(C(F)(F)F)n2)C1. The van der Waals surface area contributed by atoms with E-state index in [9.17, 15) is 13.2 Å². The van der Waals surface area contributed by atoms with Gasteiger partial charge in [0.05, 0.1) is 11.2 Å². The summed E-state index contributed by atoms with van der Waals surface area (Å²) in [5.41, 5.74) is 1.94. The predicted octanol–water partition coefficient (Wildman–Crippen LogP) is 2.95. The highest BCUT2D eigenvalue weighted by Crippen LogP contribution is 2.28. The van der Waals surface area contributed by atoms with Crippen molar-refractivity contribution < 1.29 is 13.2 Å². The molecule has 1 fully saturated rings. The predicted molar refractivity (Wildman–Crippen MR) is 81.2 cm³/mol. The monoisotopic (exact) mass is 343 g/mol. The van der Waals surface area contributed by atoms with Crippen LogP contribution in [0.4, 0.5) is 19.1 Å². The molecule has 1 atom stereocenters. The van der Waals surface area contributed by atoms with Gasteiger partial charge in [-0.15, -0.1) is 11.3 Å². The second-order valence-corrected chi connectivity index (χ2v) is 6.43. The molecule has 0 saturated carbocycles. The van der Waals surface area contributed by atoms with Crippen LogP contribution >= 0.6 is 11.3 Å². The maximum absolute atomic E-state index is 12.7. The number of nitrogens with zero attached hydrogens (tertiary/aromatic N) is 4. The number of likely N-dealkylation sites (tertiary alicyclic amines) is 1. The molecule has 1 aliphatic rings. The molecule has 0 aromatic carbocycles. The summed E-state index contributed by atoms with van der Waals surface area (Å²) in [7, 11) is 0. The molecule has 1 saturated heterocycles. The van der Waals surface area contributed by atoms with Crippen LogP contribution in [0.3, 0.4) is 0 Å². The van der Waals surface area contributed by atoms with E-state index >= 15 is 0 Å². The van der Waals surface area contributed by atoms with Crippen LogP contribution in [-0.2, 0) is 12.7 Å². The Kier molecular flexibility index (Phi) is 4.49. The van der Waals surface area contributed by atoms with Crippen LogP contribution in [0.2, 0.25) is 0 Å². The van der Waals surface area contributed by atoms with Crippen LogP contribution in [-0.4, -0.2) is 39.0 Å². The van der Waals surface area contributed by atoms with E-state index in [0.29, 0.717) is 0 Å². The molecule has 23 heavy (non-hydrogen) atoms. The number of aromatic nitrogens is 3. The van der Waals surface area contributed by atoms with E-state index in [-0.39, 0.29) is 12.0 Å². The lowest BCUT2D eigenvalue weighted by Crippen LogP contribution is -2.27. The van der Waals surface area contributed by atoms with Crippen molar-refractivity contribution >= 4 is 17.3 Å². The van der Waals surface area contributed by atoms with Crippen molar-refractivity contribution in [3.8, 4) is 0 Å². The molecule has 0 radical (unpaired) electrons. The summed E-state index contributed by atoms with van der Waals surface area (Å²) in [6, 6.07) is 0.922. The van der Waals surface area contributed by atoms with Gasteiger partial charge < -0.3 is 5.32 Å². The Morgan fingerprint density at radius 2 is 2.22 bits per heavy atom. The third-order valence-electron chi connectivity index (χ3n) is 3.76. The summed E-state index contributed by atoms with van der Waals surface area (Å²) in [6.45, 7) is 4.43. The van der Waals surface area contributed by atoms with Crippen LogP contribution in [0.15, 0.2) is 17.8 Å². The topological polar surface area (TPSA) is 53.9 Å². The largest absolute Gasteiger partial charge is 0.433 e. The Labute approximate surface area is 135 Å². The Bertz CT molecular complexity index is 672. The molecule has 0 spiro atoms. The van der Waals surface area contributed by atoms with E-state index < -0.39 is 11.9 Å². The molecular formula is C14H16F3N5S. The number of anilines is 1. The number of halogens is 3. The minimum Gasteiger partial charge on any atom is -0.350 e. The van der Waals surface area contributed by atoms with E-state index in [4.69, 9.17) is 0 Å². The summed E-state index contributed by atoms with van der Waals surface area (Å²) in [4.78, 5) is 15.1. The molecule has 124 valence electrons. The van der Waals surface area contributed by atoms with Crippen LogP contribution < -0.4 is 5.32 Å². The lowest BCUT2D eigenvalue weighted by Gasteiger charge is -2.16. The van der Waals surface area contributed by atoms with Gasteiger partial charge >= 0.3 is 6.18 Å². The molecule has 0 aliphatic carbocycles. The molecule has 0 amide bonds. The van der Waals surface area contributed by atoms with Gasteiger partial charge in [0.2, 0.25) is 5.95 Å². The number of nitrogens with one attached hydrogen (secondary N) is 1. The zero-order valence-electron chi connectivity index (χ0n) is 12.5. The van der Waals surface area contributed by atoms with Crippen molar-refractivity contribution in [3.63, 3.8) is 0 Å². The highest BCUT2D eigenvalue weighted by atomic mass is 32.1. The van der Waals surface area contributed by atoms with Gasteiger partial charge in [0.15, 0.2) is 0 Å².